The van der Waals surface area contributed by atoms with E-state index >= 15 is 4.39 Å². The van der Waals surface area contributed by atoms with Gasteiger partial charge in [0.2, 0.25) is 5.43 Å². The first kappa shape index (κ1) is 22.0. The fourth-order valence-electron chi connectivity index (χ4n) is 4.34. The van der Waals surface area contributed by atoms with Crippen LogP contribution in [-0.4, -0.2) is 58.0 Å². The molecule has 1 aromatic heterocycles. The Morgan fingerprint density at radius 3 is 2.55 bits per heavy atom. The second-order valence-corrected chi connectivity index (χ2v) is 10.0. The van der Waals surface area contributed by atoms with Gasteiger partial charge >= 0.3 is 13.7 Å². The highest BCUT2D eigenvalue weighted by Crippen LogP contribution is 2.48. The molecular weight excluding hydrogens is 428 g/mol. The zero-order valence-corrected chi connectivity index (χ0v) is 18.4. The van der Waals surface area contributed by atoms with Gasteiger partial charge in [-0.1, -0.05) is 0 Å². The number of piperazine rings is 1. The Hall–Kier alpha value is -2.26. The first-order valence-corrected chi connectivity index (χ1v) is 11.6. The Morgan fingerprint density at radius 1 is 1.32 bits per heavy atom. The van der Waals surface area contributed by atoms with E-state index in [1.807, 2.05) is 0 Å². The number of halogens is 1. The lowest BCUT2D eigenvalue weighted by atomic mass is 10.0. The van der Waals surface area contributed by atoms with Gasteiger partial charge in [0.1, 0.15) is 11.4 Å². The lowest BCUT2D eigenvalue weighted by Gasteiger charge is -2.41. The third kappa shape index (κ3) is 3.67. The normalized spacial score (nSPS) is 22.0. The second-order valence-electron chi connectivity index (χ2n) is 8.18. The van der Waals surface area contributed by atoms with E-state index in [9.17, 15) is 24.2 Å². The van der Waals surface area contributed by atoms with Gasteiger partial charge < -0.3 is 24.0 Å². The number of fused-ring (bicyclic) bond motifs is 1. The van der Waals surface area contributed by atoms with Crippen molar-refractivity contribution in [2.45, 2.75) is 38.8 Å². The Morgan fingerprint density at radius 2 is 2.00 bits per heavy atom. The van der Waals surface area contributed by atoms with Crippen molar-refractivity contribution < 1.29 is 28.3 Å². The molecule has 1 aliphatic heterocycles. The van der Waals surface area contributed by atoms with E-state index in [0.29, 0.717) is 17.7 Å². The number of hydrogen-bond acceptors (Lipinski definition) is 5. The summed E-state index contributed by atoms with van der Waals surface area (Å²) in [6.07, 6.45) is 3.08. The number of hydrogen-bond donors (Lipinski definition) is 2. The number of carboxylic acids is 1. The van der Waals surface area contributed by atoms with E-state index in [1.54, 1.807) is 22.5 Å². The molecule has 2 heterocycles. The molecule has 1 aliphatic carbocycles. The zero-order chi connectivity index (χ0) is 22.7. The number of pyridine rings is 1. The summed E-state index contributed by atoms with van der Waals surface area (Å²) in [7, 11) is -2.73. The summed E-state index contributed by atoms with van der Waals surface area (Å²) in [6.45, 7) is 4.03. The molecule has 2 aromatic rings. The van der Waals surface area contributed by atoms with Crippen LogP contribution in [0.4, 0.5) is 10.1 Å². The summed E-state index contributed by atoms with van der Waals surface area (Å²) in [5.41, 5.74) is -0.156. The van der Waals surface area contributed by atoms with Crippen LogP contribution >= 0.6 is 7.75 Å². The molecule has 0 bridgehead atoms. The van der Waals surface area contributed by atoms with Gasteiger partial charge in [-0.2, -0.15) is 0 Å². The predicted molar refractivity (Wildman–Crippen MR) is 113 cm³/mol. The average molecular weight is 453 g/mol. The predicted octanol–water partition coefficient (Wildman–Crippen LogP) is 2.74. The number of nitrogens with zero attached hydrogens (tertiary/aromatic N) is 3. The Kier molecular flexibility index (Phi) is 5.46. The zero-order valence-electron chi connectivity index (χ0n) is 17.5. The average Bonchev–Trinajstić information content (AvgIpc) is 3.55. The number of aromatic carboxylic acids is 1. The molecule has 4 rings (SSSR count). The maximum absolute atomic E-state index is 15.4. The molecule has 11 heteroatoms. The summed E-state index contributed by atoms with van der Waals surface area (Å²) in [4.78, 5) is 36.2. The molecule has 168 valence electrons. The van der Waals surface area contributed by atoms with Crippen LogP contribution in [0, 0.1) is 12.7 Å². The number of rotatable bonds is 5. The van der Waals surface area contributed by atoms with Crippen LogP contribution in [-0.2, 0) is 9.09 Å². The fourth-order valence-corrected chi connectivity index (χ4v) is 5.46. The van der Waals surface area contributed by atoms with Crippen LogP contribution in [0.1, 0.15) is 41.7 Å². The maximum atomic E-state index is 15.4. The SMILES string of the molecule is COP(=O)(O)N1CCN(c2cc3c(c(C)c2F)c(=O)c(C(=O)O)cn3C2CC2)CC1C. The topological polar surface area (TPSA) is 112 Å². The van der Waals surface area contributed by atoms with Crippen molar-refractivity contribution in [1.82, 2.24) is 9.24 Å². The van der Waals surface area contributed by atoms with E-state index in [1.165, 1.54) is 24.9 Å². The molecule has 2 atom stereocenters. The molecule has 2 aliphatic rings. The molecule has 2 fully saturated rings. The van der Waals surface area contributed by atoms with Crippen LogP contribution in [0.3, 0.4) is 0 Å². The Labute approximate surface area is 178 Å². The largest absolute Gasteiger partial charge is 0.477 e. The van der Waals surface area contributed by atoms with Gasteiger partial charge in [-0.25, -0.2) is 18.4 Å². The van der Waals surface area contributed by atoms with Gasteiger partial charge in [-0.05, 0) is 32.8 Å². The minimum Gasteiger partial charge on any atom is -0.477 e. The molecular formula is C20H25FN3O6P. The minimum atomic E-state index is -3.91. The van der Waals surface area contributed by atoms with Gasteiger partial charge in [0.25, 0.3) is 0 Å². The minimum absolute atomic E-state index is 0.0802. The Bertz CT molecular complexity index is 1180. The van der Waals surface area contributed by atoms with E-state index < -0.39 is 25.0 Å². The van der Waals surface area contributed by atoms with Crippen molar-refractivity contribution in [3.63, 3.8) is 0 Å². The highest BCUT2D eigenvalue weighted by atomic mass is 31.2. The van der Waals surface area contributed by atoms with Crippen LogP contribution in [0.15, 0.2) is 17.1 Å². The number of carboxylic acid groups (broad SMARTS) is 1. The lowest BCUT2D eigenvalue weighted by molar-refractivity contribution is 0.0694. The molecule has 0 spiro atoms. The summed E-state index contributed by atoms with van der Waals surface area (Å²) in [5.74, 6) is -1.92. The molecule has 0 amide bonds. The summed E-state index contributed by atoms with van der Waals surface area (Å²) < 4.78 is 35.5. The standard InChI is InChI=1S/C20H25FN3O6P/c1-11-9-22(6-7-24(11)31(28,29)30-3)16-8-15-17(12(2)18(16)21)19(25)14(20(26)27)10-23(15)13-4-5-13/h8,10-11,13H,4-7,9H2,1-3H3,(H,26,27)(H,28,29). The summed E-state index contributed by atoms with van der Waals surface area (Å²) >= 11 is 0. The van der Waals surface area contributed by atoms with Gasteiger partial charge in [-0.15, -0.1) is 0 Å². The quantitative estimate of drug-likeness (QED) is 0.665. The van der Waals surface area contributed by atoms with Gasteiger partial charge in [0.15, 0.2) is 0 Å². The number of anilines is 1. The summed E-state index contributed by atoms with van der Waals surface area (Å²) in [6, 6.07) is 1.30. The van der Waals surface area contributed by atoms with E-state index in [2.05, 4.69) is 0 Å². The van der Waals surface area contributed by atoms with Gasteiger partial charge in [0.05, 0.1) is 16.6 Å². The number of aryl methyl sites for hydroxylation is 1. The fraction of sp³-hybridized carbons (Fsp3) is 0.500. The molecule has 0 radical (unpaired) electrons. The van der Waals surface area contributed by atoms with E-state index in [4.69, 9.17) is 4.52 Å². The lowest BCUT2D eigenvalue weighted by Crippen LogP contribution is -2.50. The number of carbonyl (C=O) groups is 1. The van der Waals surface area contributed by atoms with Crippen molar-refractivity contribution in [1.29, 1.82) is 0 Å². The monoisotopic (exact) mass is 453 g/mol. The van der Waals surface area contributed by atoms with Gasteiger partial charge in [0, 0.05) is 50.6 Å². The highest BCUT2D eigenvalue weighted by Gasteiger charge is 2.37. The van der Waals surface area contributed by atoms with Gasteiger partial charge in [-0.3, -0.25) is 4.79 Å². The second kappa shape index (κ2) is 7.70. The third-order valence-corrected chi connectivity index (χ3v) is 7.86. The first-order valence-electron chi connectivity index (χ1n) is 10.1. The maximum Gasteiger partial charge on any atom is 0.405 e. The summed E-state index contributed by atoms with van der Waals surface area (Å²) in [5, 5.41) is 9.52. The van der Waals surface area contributed by atoms with Crippen LogP contribution < -0.4 is 10.3 Å². The van der Waals surface area contributed by atoms with Crippen molar-refractivity contribution in [2.75, 3.05) is 31.6 Å². The van der Waals surface area contributed by atoms with E-state index in [-0.39, 0.29) is 41.7 Å². The molecule has 2 N–H and O–H groups in total. The molecule has 31 heavy (non-hydrogen) atoms. The first-order chi connectivity index (χ1) is 14.6. The van der Waals surface area contributed by atoms with Crippen LogP contribution in [0.25, 0.3) is 10.9 Å². The molecule has 1 saturated carbocycles. The number of benzene rings is 1. The highest BCUT2D eigenvalue weighted by molar-refractivity contribution is 7.50. The third-order valence-electron chi connectivity index (χ3n) is 6.14. The van der Waals surface area contributed by atoms with Crippen molar-refractivity contribution in [3.05, 3.63) is 39.4 Å². The molecule has 1 aromatic carbocycles. The molecule has 9 nitrogen and oxygen atoms in total. The van der Waals surface area contributed by atoms with Crippen LogP contribution in [0.5, 0.6) is 0 Å². The van der Waals surface area contributed by atoms with Crippen molar-refractivity contribution in [2.24, 2.45) is 0 Å². The smallest absolute Gasteiger partial charge is 0.405 e. The Balaban J connectivity index is 1.82. The van der Waals surface area contributed by atoms with Crippen molar-refractivity contribution in [3.8, 4) is 0 Å². The van der Waals surface area contributed by atoms with E-state index in [0.717, 1.165) is 12.8 Å². The van der Waals surface area contributed by atoms with Crippen molar-refractivity contribution >= 4 is 30.3 Å². The molecule has 1 saturated heterocycles. The molecule has 2 unspecified atom stereocenters. The van der Waals surface area contributed by atoms with Crippen LogP contribution in [0.2, 0.25) is 0 Å². The number of aromatic nitrogens is 1.